The molecule has 0 radical (unpaired) electrons. The molecule has 0 saturated heterocycles. The van der Waals surface area contributed by atoms with Gasteiger partial charge in [0.2, 0.25) is 0 Å². The van der Waals surface area contributed by atoms with Crippen LogP contribution < -0.4 is 0 Å². The largest absolute Gasteiger partial charge is 0.481 e. The Bertz CT molecular complexity index is 157. The molecule has 78 valence electrons. The summed E-state index contributed by atoms with van der Waals surface area (Å²) >= 11 is 3.46. The third-order valence-corrected chi connectivity index (χ3v) is 1.76. The predicted octanol–water partition coefficient (Wildman–Crippen LogP) is 2.36. The molecule has 3 nitrogen and oxygen atoms in total. The Balaban J connectivity index is 0. The lowest BCUT2D eigenvalue weighted by Gasteiger charge is -2.00. The molecule has 13 heavy (non-hydrogen) atoms. The van der Waals surface area contributed by atoms with E-state index in [1.165, 1.54) is 0 Å². The van der Waals surface area contributed by atoms with Crippen LogP contribution in [0.3, 0.4) is 0 Å². The van der Waals surface area contributed by atoms with Crippen LogP contribution >= 0.6 is 12.6 Å². The summed E-state index contributed by atoms with van der Waals surface area (Å²) in [6.45, 7) is 5.49. The van der Waals surface area contributed by atoms with Gasteiger partial charge in [0, 0.05) is 6.42 Å². The van der Waals surface area contributed by atoms with E-state index in [4.69, 9.17) is 5.11 Å². The van der Waals surface area contributed by atoms with Crippen LogP contribution in [0.25, 0.3) is 0 Å². The Morgan fingerprint density at radius 3 is 1.85 bits per heavy atom. The van der Waals surface area contributed by atoms with Crippen molar-refractivity contribution in [1.82, 2.24) is 0 Å². The van der Waals surface area contributed by atoms with Crippen LogP contribution in [0.4, 0.5) is 0 Å². The van der Waals surface area contributed by atoms with E-state index in [2.05, 4.69) is 12.6 Å². The lowest BCUT2D eigenvalue weighted by atomic mass is 10.1. The van der Waals surface area contributed by atoms with Crippen molar-refractivity contribution in [3.8, 4) is 0 Å². The third-order valence-electron chi connectivity index (χ3n) is 1.45. The van der Waals surface area contributed by atoms with E-state index in [0.717, 1.165) is 12.8 Å². The van der Waals surface area contributed by atoms with E-state index < -0.39 is 5.97 Å². The number of carboxylic acids is 1. The highest BCUT2D eigenvalue weighted by Crippen LogP contribution is 2.03. The molecule has 0 saturated carbocycles. The number of aliphatic carboxylic acids is 1. The van der Waals surface area contributed by atoms with E-state index in [9.17, 15) is 9.59 Å². The van der Waals surface area contributed by atoms with Crippen molar-refractivity contribution in [2.75, 3.05) is 0 Å². The van der Waals surface area contributed by atoms with Gasteiger partial charge >= 0.3 is 5.97 Å². The molecule has 0 aromatic rings. The minimum absolute atomic E-state index is 0.0509. The fraction of sp³-hybridized carbons (Fsp3) is 0.778. The molecule has 0 heterocycles. The Kier molecular flexibility index (Phi) is 11.0. The second-order valence-electron chi connectivity index (χ2n) is 2.78. The number of rotatable bonds is 4. The molecule has 4 heteroatoms. The normalized spacial score (nSPS) is 11.1. The van der Waals surface area contributed by atoms with Crippen molar-refractivity contribution in [2.24, 2.45) is 5.92 Å². The first-order valence-electron chi connectivity index (χ1n) is 4.40. The smallest absolute Gasteiger partial charge is 0.306 e. The maximum atomic E-state index is 10.1. The van der Waals surface area contributed by atoms with Crippen LogP contribution in [0.2, 0.25) is 0 Å². The van der Waals surface area contributed by atoms with Gasteiger partial charge in [-0.1, -0.05) is 27.2 Å². The van der Waals surface area contributed by atoms with Gasteiger partial charge in [-0.25, -0.2) is 0 Å². The van der Waals surface area contributed by atoms with E-state index >= 15 is 0 Å². The van der Waals surface area contributed by atoms with Crippen LogP contribution in [-0.2, 0) is 9.59 Å². The summed E-state index contributed by atoms with van der Waals surface area (Å²) in [5.41, 5.74) is 0. The molecule has 0 fully saturated rings. The Hall–Kier alpha value is -0.510. The first-order chi connectivity index (χ1) is 5.95. The second-order valence-corrected chi connectivity index (χ2v) is 3.27. The third kappa shape index (κ3) is 14.4. The standard InChI is InChI=1S/C6H12O2.C3H6OS/c1-3-4-5(2)6(7)8;1-2-3(4)5/h5H,3-4H2,1-2H3,(H,7,8);2H2,1H3,(H,4,5)/t5-;/m1./s1. The summed E-state index contributed by atoms with van der Waals surface area (Å²) in [6.07, 6.45) is 2.27. The Morgan fingerprint density at radius 1 is 1.38 bits per heavy atom. The minimum atomic E-state index is -0.688. The first-order valence-corrected chi connectivity index (χ1v) is 4.84. The number of hydrogen-bond donors (Lipinski definition) is 2. The summed E-state index contributed by atoms with van der Waals surface area (Å²) in [5.74, 6) is -0.855. The number of hydrogen-bond acceptors (Lipinski definition) is 2. The molecule has 0 unspecified atom stereocenters. The van der Waals surface area contributed by atoms with Crippen molar-refractivity contribution in [1.29, 1.82) is 0 Å². The van der Waals surface area contributed by atoms with Crippen LogP contribution in [0.5, 0.6) is 0 Å². The highest BCUT2D eigenvalue weighted by Gasteiger charge is 2.07. The van der Waals surface area contributed by atoms with Gasteiger partial charge < -0.3 is 5.11 Å². The van der Waals surface area contributed by atoms with Gasteiger partial charge in [0.05, 0.1) is 5.92 Å². The number of thiol groups is 1. The molecule has 0 aromatic heterocycles. The van der Waals surface area contributed by atoms with Gasteiger partial charge in [0.15, 0.2) is 5.12 Å². The Morgan fingerprint density at radius 2 is 1.77 bits per heavy atom. The SMILES string of the molecule is CCC(=O)S.CCC[C@@H](C)C(=O)O. The molecule has 0 aliphatic carbocycles. The molecular weight excluding hydrogens is 188 g/mol. The molecular formula is C9H18O3S. The van der Waals surface area contributed by atoms with Crippen molar-refractivity contribution in [3.63, 3.8) is 0 Å². The molecule has 1 N–H and O–H groups in total. The minimum Gasteiger partial charge on any atom is -0.481 e. The van der Waals surface area contributed by atoms with Crippen molar-refractivity contribution in [2.45, 2.75) is 40.0 Å². The van der Waals surface area contributed by atoms with Gasteiger partial charge in [-0.05, 0) is 6.42 Å². The summed E-state index contributed by atoms with van der Waals surface area (Å²) in [5, 5.41) is 8.26. The molecule has 0 aromatic carbocycles. The fourth-order valence-corrected chi connectivity index (χ4v) is 0.556. The molecule has 0 amide bonds. The predicted molar refractivity (Wildman–Crippen MR) is 56.0 cm³/mol. The molecule has 0 rings (SSSR count). The van der Waals surface area contributed by atoms with Gasteiger partial charge in [-0.3, -0.25) is 9.59 Å². The zero-order valence-electron chi connectivity index (χ0n) is 8.41. The average molecular weight is 206 g/mol. The van der Waals surface area contributed by atoms with Crippen LogP contribution in [0.1, 0.15) is 40.0 Å². The van der Waals surface area contributed by atoms with Gasteiger partial charge in [-0.2, -0.15) is 0 Å². The summed E-state index contributed by atoms with van der Waals surface area (Å²) in [4.78, 5) is 19.8. The van der Waals surface area contributed by atoms with Crippen LogP contribution in [-0.4, -0.2) is 16.2 Å². The maximum absolute atomic E-state index is 10.1. The van der Waals surface area contributed by atoms with Gasteiger partial charge in [0.25, 0.3) is 0 Å². The monoisotopic (exact) mass is 206 g/mol. The molecule has 1 atom stereocenters. The number of carbonyl (C=O) groups is 2. The van der Waals surface area contributed by atoms with E-state index in [1.807, 2.05) is 6.92 Å². The van der Waals surface area contributed by atoms with E-state index in [1.54, 1.807) is 13.8 Å². The van der Waals surface area contributed by atoms with Crippen molar-refractivity contribution >= 4 is 23.7 Å². The molecule has 0 bridgehead atoms. The highest BCUT2D eigenvalue weighted by molar-refractivity contribution is 7.96. The zero-order valence-corrected chi connectivity index (χ0v) is 9.30. The second kappa shape index (κ2) is 9.58. The van der Waals surface area contributed by atoms with E-state index in [0.29, 0.717) is 6.42 Å². The quantitative estimate of drug-likeness (QED) is 0.694. The van der Waals surface area contributed by atoms with E-state index in [-0.39, 0.29) is 11.0 Å². The summed E-state index contributed by atoms with van der Waals surface area (Å²) in [7, 11) is 0. The first kappa shape index (κ1) is 15.0. The van der Waals surface area contributed by atoms with Crippen LogP contribution in [0, 0.1) is 5.92 Å². The molecule has 0 spiro atoms. The Labute approximate surface area is 84.9 Å². The fourth-order valence-electron chi connectivity index (χ4n) is 0.556. The topological polar surface area (TPSA) is 54.4 Å². The summed E-state index contributed by atoms with van der Waals surface area (Å²) < 4.78 is 0. The molecule has 0 aliphatic rings. The number of carboxylic acid groups (broad SMARTS) is 1. The lowest BCUT2D eigenvalue weighted by Crippen LogP contribution is -2.08. The van der Waals surface area contributed by atoms with Gasteiger partial charge in [0.1, 0.15) is 0 Å². The molecule has 0 aliphatic heterocycles. The summed E-state index contributed by atoms with van der Waals surface area (Å²) in [6, 6.07) is 0. The van der Waals surface area contributed by atoms with Crippen LogP contribution in [0.15, 0.2) is 0 Å². The average Bonchev–Trinajstić information content (AvgIpc) is 2.06. The van der Waals surface area contributed by atoms with Crippen molar-refractivity contribution in [3.05, 3.63) is 0 Å². The number of carbonyl (C=O) groups excluding carboxylic acids is 1. The zero-order chi connectivity index (χ0) is 10.9. The van der Waals surface area contributed by atoms with Gasteiger partial charge in [-0.15, -0.1) is 12.6 Å². The highest BCUT2D eigenvalue weighted by atomic mass is 32.1. The maximum Gasteiger partial charge on any atom is 0.306 e. The van der Waals surface area contributed by atoms with Crippen molar-refractivity contribution < 1.29 is 14.7 Å². The lowest BCUT2D eigenvalue weighted by molar-refractivity contribution is -0.141.